The zero-order valence-electron chi connectivity index (χ0n) is 9.86. The summed E-state index contributed by atoms with van der Waals surface area (Å²) in [5.41, 5.74) is 2.11. The maximum absolute atomic E-state index is 10.3. The van der Waals surface area contributed by atoms with Gasteiger partial charge in [0.2, 0.25) is 0 Å². The third-order valence-corrected chi connectivity index (χ3v) is 2.52. The summed E-state index contributed by atoms with van der Waals surface area (Å²) >= 11 is 0. The fourth-order valence-corrected chi connectivity index (χ4v) is 1.65. The molecule has 0 amide bonds. The van der Waals surface area contributed by atoms with Crippen LogP contribution in [0.2, 0.25) is 0 Å². The van der Waals surface area contributed by atoms with Crippen LogP contribution in [-0.2, 0) is 11.2 Å². The standard InChI is InChI=1S/C14H14N2O2/c17-14(18)9-5-4-6-12-10-15-16(11-12)13-7-2-1-3-8-13/h1-3,5,7-11H,4,6H2,(H,17,18)/b9-5+. The molecule has 2 aromatic rings. The molecule has 0 aliphatic heterocycles. The zero-order valence-corrected chi connectivity index (χ0v) is 9.86. The Hall–Kier alpha value is -2.36. The molecule has 0 saturated heterocycles. The first kappa shape index (κ1) is 12.1. The number of aliphatic carboxylic acids is 1. The second kappa shape index (κ2) is 5.82. The lowest BCUT2D eigenvalue weighted by molar-refractivity contribution is -0.131. The van der Waals surface area contributed by atoms with Gasteiger partial charge in [0.05, 0.1) is 11.9 Å². The van der Waals surface area contributed by atoms with Crippen LogP contribution in [0.4, 0.5) is 0 Å². The number of aromatic nitrogens is 2. The highest BCUT2D eigenvalue weighted by atomic mass is 16.4. The summed E-state index contributed by atoms with van der Waals surface area (Å²) in [5.74, 6) is -0.907. The van der Waals surface area contributed by atoms with Gasteiger partial charge in [-0.05, 0) is 30.5 Å². The monoisotopic (exact) mass is 242 g/mol. The lowest BCUT2D eigenvalue weighted by atomic mass is 10.2. The molecule has 92 valence electrons. The molecule has 18 heavy (non-hydrogen) atoms. The SMILES string of the molecule is O=C(O)/C=C/CCc1cnn(-c2ccccc2)c1. The summed E-state index contributed by atoms with van der Waals surface area (Å²) in [7, 11) is 0. The highest BCUT2D eigenvalue weighted by molar-refractivity contribution is 5.79. The minimum absolute atomic E-state index is 0.701. The first-order valence-electron chi connectivity index (χ1n) is 5.74. The van der Waals surface area contributed by atoms with Crippen molar-refractivity contribution in [2.24, 2.45) is 0 Å². The second-order valence-corrected chi connectivity index (χ2v) is 3.91. The number of nitrogens with zero attached hydrogens (tertiary/aromatic N) is 2. The Bertz CT molecular complexity index is 544. The summed E-state index contributed by atoms with van der Waals surface area (Å²) in [6.07, 6.45) is 8.08. The average molecular weight is 242 g/mol. The van der Waals surface area contributed by atoms with E-state index in [-0.39, 0.29) is 0 Å². The van der Waals surface area contributed by atoms with Gasteiger partial charge >= 0.3 is 5.97 Å². The number of aryl methyl sites for hydroxylation is 1. The van der Waals surface area contributed by atoms with Gasteiger partial charge < -0.3 is 5.11 Å². The molecule has 1 N–H and O–H groups in total. The minimum atomic E-state index is -0.907. The number of benzene rings is 1. The zero-order chi connectivity index (χ0) is 12.8. The molecule has 0 spiro atoms. The Kier molecular flexibility index (Phi) is 3.91. The number of carboxylic acids is 1. The molecule has 0 bridgehead atoms. The molecule has 0 aliphatic carbocycles. The fourth-order valence-electron chi connectivity index (χ4n) is 1.65. The van der Waals surface area contributed by atoms with Crippen molar-refractivity contribution in [3.63, 3.8) is 0 Å². The highest BCUT2D eigenvalue weighted by Crippen LogP contribution is 2.09. The molecule has 4 nitrogen and oxygen atoms in total. The lowest BCUT2D eigenvalue weighted by Gasteiger charge is -1.98. The Morgan fingerprint density at radius 1 is 1.33 bits per heavy atom. The molecule has 0 saturated carbocycles. The van der Waals surface area contributed by atoms with Crippen molar-refractivity contribution in [1.82, 2.24) is 9.78 Å². The average Bonchev–Trinajstić information content (AvgIpc) is 2.84. The number of hydrogen-bond donors (Lipinski definition) is 1. The molecule has 1 heterocycles. The molecule has 1 aromatic carbocycles. The van der Waals surface area contributed by atoms with Crippen LogP contribution in [0.3, 0.4) is 0 Å². The Labute approximate surface area is 105 Å². The fraction of sp³-hybridized carbons (Fsp3) is 0.143. The van der Waals surface area contributed by atoms with Crippen LogP contribution in [0.25, 0.3) is 5.69 Å². The Morgan fingerprint density at radius 2 is 2.11 bits per heavy atom. The van der Waals surface area contributed by atoms with Gasteiger partial charge in [-0.25, -0.2) is 9.48 Å². The quantitative estimate of drug-likeness (QED) is 0.819. The number of para-hydroxylation sites is 1. The molecule has 4 heteroatoms. The van der Waals surface area contributed by atoms with E-state index in [9.17, 15) is 4.79 Å². The van der Waals surface area contributed by atoms with E-state index in [1.165, 1.54) is 6.08 Å². The van der Waals surface area contributed by atoms with Crippen molar-refractivity contribution in [2.45, 2.75) is 12.8 Å². The van der Waals surface area contributed by atoms with E-state index in [1.807, 2.05) is 47.4 Å². The van der Waals surface area contributed by atoms with Gasteiger partial charge in [-0.15, -0.1) is 0 Å². The van der Waals surface area contributed by atoms with Gasteiger partial charge in [0.15, 0.2) is 0 Å². The van der Waals surface area contributed by atoms with Crippen LogP contribution >= 0.6 is 0 Å². The third kappa shape index (κ3) is 3.31. The molecular formula is C14H14N2O2. The van der Waals surface area contributed by atoms with Crippen molar-refractivity contribution < 1.29 is 9.90 Å². The molecule has 0 aliphatic rings. The normalized spacial score (nSPS) is 10.9. The molecule has 0 atom stereocenters. The second-order valence-electron chi connectivity index (χ2n) is 3.91. The summed E-state index contributed by atoms with van der Waals surface area (Å²) in [6, 6.07) is 9.87. The maximum Gasteiger partial charge on any atom is 0.327 e. The van der Waals surface area contributed by atoms with Crippen molar-refractivity contribution in [3.8, 4) is 5.69 Å². The summed E-state index contributed by atoms with van der Waals surface area (Å²) in [4.78, 5) is 10.3. The van der Waals surface area contributed by atoms with Crippen molar-refractivity contribution in [2.75, 3.05) is 0 Å². The van der Waals surface area contributed by atoms with Crippen LogP contribution < -0.4 is 0 Å². The van der Waals surface area contributed by atoms with E-state index >= 15 is 0 Å². The van der Waals surface area contributed by atoms with Crippen LogP contribution in [0.15, 0.2) is 54.9 Å². The highest BCUT2D eigenvalue weighted by Gasteiger charge is 1.99. The molecule has 0 radical (unpaired) electrons. The van der Waals surface area contributed by atoms with Crippen LogP contribution in [0.1, 0.15) is 12.0 Å². The number of hydrogen-bond acceptors (Lipinski definition) is 2. The van der Waals surface area contributed by atoms with Gasteiger partial charge in [-0.3, -0.25) is 0 Å². The number of carbonyl (C=O) groups is 1. The van der Waals surface area contributed by atoms with Crippen LogP contribution in [-0.4, -0.2) is 20.9 Å². The first-order chi connectivity index (χ1) is 8.75. The van der Waals surface area contributed by atoms with E-state index in [1.54, 1.807) is 6.08 Å². The molecule has 1 aromatic heterocycles. The Balaban J connectivity index is 1.97. The molecule has 0 unspecified atom stereocenters. The number of carboxylic acid groups (broad SMARTS) is 1. The van der Waals surface area contributed by atoms with E-state index < -0.39 is 5.97 Å². The lowest BCUT2D eigenvalue weighted by Crippen LogP contribution is -1.92. The van der Waals surface area contributed by atoms with E-state index in [4.69, 9.17) is 5.11 Å². The topological polar surface area (TPSA) is 55.1 Å². The van der Waals surface area contributed by atoms with Gasteiger partial charge in [0, 0.05) is 12.3 Å². The molecule has 0 fully saturated rings. The van der Waals surface area contributed by atoms with Crippen molar-refractivity contribution >= 4 is 5.97 Å². The maximum atomic E-state index is 10.3. The number of rotatable bonds is 5. The Morgan fingerprint density at radius 3 is 2.83 bits per heavy atom. The largest absolute Gasteiger partial charge is 0.478 e. The molecule has 2 rings (SSSR count). The van der Waals surface area contributed by atoms with E-state index in [0.717, 1.165) is 17.7 Å². The van der Waals surface area contributed by atoms with Gasteiger partial charge in [-0.1, -0.05) is 24.3 Å². The predicted octanol–water partition coefficient (Wildman–Crippen LogP) is 2.45. The van der Waals surface area contributed by atoms with Crippen molar-refractivity contribution in [1.29, 1.82) is 0 Å². The van der Waals surface area contributed by atoms with E-state index in [0.29, 0.717) is 6.42 Å². The van der Waals surface area contributed by atoms with E-state index in [2.05, 4.69) is 5.10 Å². The third-order valence-electron chi connectivity index (χ3n) is 2.52. The minimum Gasteiger partial charge on any atom is -0.478 e. The van der Waals surface area contributed by atoms with Gasteiger partial charge in [-0.2, -0.15) is 5.10 Å². The van der Waals surface area contributed by atoms with Crippen LogP contribution in [0.5, 0.6) is 0 Å². The van der Waals surface area contributed by atoms with Gasteiger partial charge in [0.25, 0.3) is 0 Å². The smallest absolute Gasteiger partial charge is 0.327 e. The number of allylic oxidation sites excluding steroid dienone is 1. The van der Waals surface area contributed by atoms with Gasteiger partial charge in [0.1, 0.15) is 0 Å². The predicted molar refractivity (Wildman–Crippen MR) is 68.7 cm³/mol. The van der Waals surface area contributed by atoms with Crippen molar-refractivity contribution in [3.05, 3.63) is 60.4 Å². The molecular weight excluding hydrogens is 228 g/mol. The first-order valence-corrected chi connectivity index (χ1v) is 5.74. The van der Waals surface area contributed by atoms with Crippen LogP contribution in [0, 0.1) is 0 Å². The summed E-state index contributed by atoms with van der Waals surface area (Å²) in [5, 5.41) is 12.7. The summed E-state index contributed by atoms with van der Waals surface area (Å²) in [6.45, 7) is 0. The summed E-state index contributed by atoms with van der Waals surface area (Å²) < 4.78 is 1.82.